The number of anilines is 1. The highest BCUT2D eigenvalue weighted by molar-refractivity contribution is 7.98. The molecule has 0 radical (unpaired) electrons. The number of carbonyl (C=O) groups is 1. The topological polar surface area (TPSA) is 52.9 Å². The van der Waals surface area contributed by atoms with Crippen LogP contribution in [0.3, 0.4) is 0 Å². The number of thioether (sulfide) groups is 1. The largest absolute Gasteiger partial charge is 0.317 e. The van der Waals surface area contributed by atoms with Gasteiger partial charge in [-0.15, -0.1) is 11.3 Å². The summed E-state index contributed by atoms with van der Waals surface area (Å²) >= 11 is 3.45. The van der Waals surface area contributed by atoms with Crippen molar-refractivity contribution >= 4 is 34.0 Å². The molecule has 0 saturated heterocycles. The molecular weight excluding hydrogens is 360 g/mol. The molecule has 1 aliphatic rings. The molecule has 2 aromatic rings. The van der Waals surface area contributed by atoms with Gasteiger partial charge in [0.1, 0.15) is 11.1 Å². The van der Waals surface area contributed by atoms with Crippen LogP contribution in [0.4, 0.5) is 5.00 Å². The van der Waals surface area contributed by atoms with E-state index in [1.165, 1.54) is 16.0 Å². The Labute approximate surface area is 163 Å². The van der Waals surface area contributed by atoms with Gasteiger partial charge in [0.25, 0.3) is 0 Å². The van der Waals surface area contributed by atoms with Gasteiger partial charge in [0.15, 0.2) is 0 Å². The Morgan fingerprint density at radius 2 is 2.19 bits per heavy atom. The van der Waals surface area contributed by atoms with Crippen molar-refractivity contribution in [1.29, 1.82) is 5.26 Å². The van der Waals surface area contributed by atoms with Gasteiger partial charge < -0.3 is 5.32 Å². The number of benzene rings is 1. The van der Waals surface area contributed by atoms with Crippen molar-refractivity contribution in [2.45, 2.75) is 44.8 Å². The maximum Gasteiger partial charge on any atom is 0.225 e. The molecule has 1 aromatic heterocycles. The zero-order valence-electron chi connectivity index (χ0n) is 15.1. The summed E-state index contributed by atoms with van der Waals surface area (Å²) in [5.74, 6) is 2.63. The fraction of sp³-hybridized carbons (Fsp3) is 0.429. The highest BCUT2D eigenvalue weighted by Gasteiger charge is 2.24. The predicted molar refractivity (Wildman–Crippen MR) is 111 cm³/mol. The number of thiophene rings is 1. The van der Waals surface area contributed by atoms with Gasteiger partial charge in [-0.2, -0.15) is 17.0 Å². The maximum atomic E-state index is 12.3. The second-order valence-electron chi connectivity index (χ2n) is 6.86. The number of nitrogens with one attached hydrogen (secondary N) is 1. The molecule has 0 saturated carbocycles. The first-order chi connectivity index (χ1) is 12.7. The SMILES string of the molecule is CC1CCc2c(sc(NC(=O)CCCSCc3ccccc3)c2C#N)C1. The summed E-state index contributed by atoms with van der Waals surface area (Å²) in [4.78, 5) is 13.6. The van der Waals surface area contributed by atoms with E-state index >= 15 is 0 Å². The van der Waals surface area contributed by atoms with Gasteiger partial charge in [-0.25, -0.2) is 0 Å². The van der Waals surface area contributed by atoms with E-state index < -0.39 is 0 Å². The van der Waals surface area contributed by atoms with E-state index in [9.17, 15) is 10.1 Å². The number of nitriles is 1. The Morgan fingerprint density at radius 3 is 2.96 bits per heavy atom. The number of hydrogen-bond acceptors (Lipinski definition) is 4. The highest BCUT2D eigenvalue weighted by atomic mass is 32.2. The van der Waals surface area contributed by atoms with Crippen LogP contribution in [0.1, 0.15) is 47.8 Å². The summed E-state index contributed by atoms with van der Waals surface area (Å²) < 4.78 is 0. The quantitative estimate of drug-likeness (QED) is 0.651. The molecule has 3 nitrogen and oxygen atoms in total. The lowest BCUT2D eigenvalue weighted by Crippen LogP contribution is -2.12. The van der Waals surface area contributed by atoms with Crippen LogP contribution in [-0.2, 0) is 23.4 Å². The van der Waals surface area contributed by atoms with Crippen LogP contribution in [-0.4, -0.2) is 11.7 Å². The first kappa shape index (κ1) is 19.0. The standard InChI is InChI=1S/C21H24N2OS2/c1-15-9-10-17-18(13-22)21(26-19(17)12-15)23-20(24)8-5-11-25-14-16-6-3-2-4-7-16/h2-4,6-7,15H,5,8-12,14H2,1H3,(H,23,24). The monoisotopic (exact) mass is 384 g/mol. The van der Waals surface area contributed by atoms with Gasteiger partial charge in [0.2, 0.25) is 5.91 Å². The fourth-order valence-corrected chi connectivity index (χ4v) is 5.54. The van der Waals surface area contributed by atoms with Crippen LogP contribution in [0.2, 0.25) is 0 Å². The van der Waals surface area contributed by atoms with Crippen LogP contribution in [0, 0.1) is 17.2 Å². The van der Waals surface area contributed by atoms with Crippen molar-refractivity contribution < 1.29 is 4.79 Å². The number of hydrogen-bond donors (Lipinski definition) is 1. The summed E-state index contributed by atoms with van der Waals surface area (Å²) in [5.41, 5.74) is 3.19. The van der Waals surface area contributed by atoms with Crippen molar-refractivity contribution in [3.8, 4) is 6.07 Å². The van der Waals surface area contributed by atoms with E-state index in [1.807, 2.05) is 17.8 Å². The summed E-state index contributed by atoms with van der Waals surface area (Å²) in [5, 5.41) is 13.2. The minimum atomic E-state index is 0.0217. The van der Waals surface area contributed by atoms with Gasteiger partial charge in [0, 0.05) is 17.1 Å². The Kier molecular flexibility index (Phi) is 6.76. The van der Waals surface area contributed by atoms with Gasteiger partial charge in [0.05, 0.1) is 5.56 Å². The van der Waals surface area contributed by atoms with Gasteiger partial charge in [-0.3, -0.25) is 4.79 Å². The Hall–Kier alpha value is -1.77. The molecule has 0 aliphatic heterocycles. The van der Waals surface area contributed by atoms with Crippen molar-refractivity contribution in [3.63, 3.8) is 0 Å². The average Bonchev–Trinajstić information content (AvgIpc) is 2.98. The number of fused-ring (bicyclic) bond motifs is 1. The molecule has 0 bridgehead atoms. The number of amides is 1. The molecule has 0 spiro atoms. The van der Waals surface area contributed by atoms with Crippen molar-refractivity contribution in [3.05, 3.63) is 51.9 Å². The highest BCUT2D eigenvalue weighted by Crippen LogP contribution is 2.39. The molecule has 1 heterocycles. The Morgan fingerprint density at radius 1 is 1.38 bits per heavy atom. The van der Waals surface area contributed by atoms with E-state index in [-0.39, 0.29) is 5.91 Å². The molecule has 0 fully saturated rings. The van der Waals surface area contributed by atoms with Crippen molar-refractivity contribution in [1.82, 2.24) is 0 Å². The minimum Gasteiger partial charge on any atom is -0.317 e. The third-order valence-electron chi connectivity index (χ3n) is 4.68. The molecule has 136 valence electrons. The maximum absolute atomic E-state index is 12.3. The van der Waals surface area contributed by atoms with Gasteiger partial charge in [-0.05, 0) is 48.5 Å². The van der Waals surface area contributed by atoms with E-state index in [0.29, 0.717) is 17.9 Å². The van der Waals surface area contributed by atoms with Crippen LogP contribution in [0.5, 0.6) is 0 Å². The second kappa shape index (κ2) is 9.25. The fourth-order valence-electron chi connectivity index (χ4n) is 3.25. The molecule has 1 amide bonds. The lowest BCUT2D eigenvalue weighted by Gasteiger charge is -2.17. The third-order valence-corrected chi connectivity index (χ3v) is 6.97. The first-order valence-corrected chi connectivity index (χ1v) is 11.1. The average molecular weight is 385 g/mol. The van der Waals surface area contributed by atoms with E-state index in [0.717, 1.165) is 42.2 Å². The van der Waals surface area contributed by atoms with Crippen LogP contribution in [0.15, 0.2) is 30.3 Å². The number of rotatable bonds is 7. The van der Waals surface area contributed by atoms with Crippen molar-refractivity contribution in [2.24, 2.45) is 5.92 Å². The summed E-state index contributed by atoms with van der Waals surface area (Å²) in [6.45, 7) is 2.25. The van der Waals surface area contributed by atoms with Gasteiger partial charge >= 0.3 is 0 Å². The van der Waals surface area contributed by atoms with Gasteiger partial charge in [-0.1, -0.05) is 37.3 Å². The smallest absolute Gasteiger partial charge is 0.225 e. The van der Waals surface area contributed by atoms with Crippen LogP contribution < -0.4 is 5.32 Å². The van der Waals surface area contributed by atoms with E-state index in [1.54, 1.807) is 11.3 Å². The van der Waals surface area contributed by atoms with E-state index in [4.69, 9.17) is 0 Å². The van der Waals surface area contributed by atoms with Crippen LogP contribution in [0.25, 0.3) is 0 Å². The summed E-state index contributed by atoms with van der Waals surface area (Å²) in [6.07, 6.45) is 4.48. The number of carbonyl (C=O) groups excluding carboxylic acids is 1. The zero-order chi connectivity index (χ0) is 18.4. The summed E-state index contributed by atoms with van der Waals surface area (Å²) in [7, 11) is 0. The molecule has 1 unspecified atom stereocenters. The summed E-state index contributed by atoms with van der Waals surface area (Å²) in [6, 6.07) is 12.7. The van der Waals surface area contributed by atoms with Crippen molar-refractivity contribution in [2.75, 3.05) is 11.1 Å². The Bertz CT molecular complexity index is 792. The Balaban J connectivity index is 1.46. The zero-order valence-corrected chi connectivity index (χ0v) is 16.7. The lowest BCUT2D eigenvalue weighted by atomic mass is 9.89. The molecule has 26 heavy (non-hydrogen) atoms. The molecule has 3 rings (SSSR count). The molecule has 1 aromatic carbocycles. The first-order valence-electron chi connectivity index (χ1n) is 9.13. The minimum absolute atomic E-state index is 0.0217. The normalized spacial score (nSPS) is 15.9. The second-order valence-corrected chi connectivity index (χ2v) is 9.07. The molecular formula is C21H24N2OS2. The predicted octanol–water partition coefficient (Wildman–Crippen LogP) is 5.40. The molecule has 5 heteroatoms. The third kappa shape index (κ3) is 4.90. The molecule has 1 atom stereocenters. The van der Waals surface area contributed by atoms with Crippen LogP contribution >= 0.6 is 23.1 Å². The van der Waals surface area contributed by atoms with E-state index in [2.05, 4.69) is 42.6 Å². The molecule has 1 N–H and O–H groups in total. The molecule has 1 aliphatic carbocycles. The number of nitrogens with zero attached hydrogens (tertiary/aromatic N) is 1. The lowest BCUT2D eigenvalue weighted by molar-refractivity contribution is -0.116.